The third-order valence-corrected chi connectivity index (χ3v) is 6.72. The number of amides is 1. The fourth-order valence-corrected chi connectivity index (χ4v) is 4.16. The van der Waals surface area contributed by atoms with E-state index in [1.165, 1.54) is 13.3 Å². The summed E-state index contributed by atoms with van der Waals surface area (Å²) in [4.78, 5) is 11.4. The Hall–Kier alpha value is -0.610. The van der Waals surface area contributed by atoms with Crippen LogP contribution in [-0.2, 0) is 9.53 Å². The fraction of sp³-hybridized carbons (Fsp3) is 0.952. The van der Waals surface area contributed by atoms with E-state index in [1.54, 1.807) is 0 Å². The number of aliphatic hydroxyl groups excluding tert-OH is 1. The molecule has 1 fully saturated rings. The number of hydrogen-bond donors (Lipinski definition) is 2. The van der Waals surface area contributed by atoms with E-state index < -0.39 is 6.10 Å². The zero-order valence-corrected chi connectivity index (χ0v) is 17.5. The lowest BCUT2D eigenvalue weighted by molar-refractivity contribution is -0.126. The molecule has 6 atom stereocenters. The van der Waals surface area contributed by atoms with Crippen LogP contribution in [0.5, 0.6) is 0 Å². The Kier molecular flexibility index (Phi) is 8.40. The molecule has 4 unspecified atom stereocenters. The zero-order valence-electron chi connectivity index (χ0n) is 17.5. The first-order valence-electron chi connectivity index (χ1n) is 10.2. The quantitative estimate of drug-likeness (QED) is 0.648. The molecule has 148 valence electrons. The minimum atomic E-state index is -0.496. The van der Waals surface area contributed by atoms with Gasteiger partial charge in [-0.2, -0.15) is 0 Å². The molecule has 0 aliphatic heterocycles. The molecule has 0 aromatic heterocycles. The lowest BCUT2D eigenvalue weighted by Crippen LogP contribution is -2.55. The summed E-state index contributed by atoms with van der Waals surface area (Å²) in [5.74, 6) is 0.763. The number of nitrogens with one attached hydrogen (secondary N) is 1. The minimum Gasteiger partial charge on any atom is -0.391 e. The molecule has 0 heterocycles. The molecule has 0 aromatic carbocycles. The second kappa shape index (κ2) is 9.36. The molecular weight excluding hydrogens is 314 g/mol. The monoisotopic (exact) mass is 355 g/mol. The van der Waals surface area contributed by atoms with Gasteiger partial charge in [-0.3, -0.25) is 4.79 Å². The molecule has 2 N–H and O–H groups in total. The molecule has 0 radical (unpaired) electrons. The predicted octanol–water partition coefficient (Wildman–Crippen LogP) is 4.30. The highest BCUT2D eigenvalue weighted by Crippen LogP contribution is 2.47. The Labute approximate surface area is 155 Å². The van der Waals surface area contributed by atoms with Crippen LogP contribution < -0.4 is 5.32 Å². The largest absolute Gasteiger partial charge is 0.391 e. The van der Waals surface area contributed by atoms with Crippen molar-refractivity contribution in [1.82, 2.24) is 5.32 Å². The van der Waals surface area contributed by atoms with Crippen molar-refractivity contribution >= 4 is 5.91 Å². The molecule has 0 aromatic rings. The van der Waals surface area contributed by atoms with Crippen molar-refractivity contribution in [2.45, 2.75) is 105 Å². The van der Waals surface area contributed by atoms with Crippen LogP contribution in [0.4, 0.5) is 0 Å². The summed E-state index contributed by atoms with van der Waals surface area (Å²) in [6, 6.07) is -0.125. The maximum atomic E-state index is 11.4. The Morgan fingerprint density at radius 3 is 2.60 bits per heavy atom. The van der Waals surface area contributed by atoms with Crippen LogP contribution in [0.3, 0.4) is 0 Å². The maximum Gasteiger partial charge on any atom is 0.217 e. The minimum absolute atomic E-state index is 0.0233. The van der Waals surface area contributed by atoms with Crippen LogP contribution in [0.25, 0.3) is 0 Å². The summed E-state index contributed by atoms with van der Waals surface area (Å²) in [6.07, 6.45) is 5.55. The lowest BCUT2D eigenvalue weighted by Gasteiger charge is -2.49. The lowest BCUT2D eigenvalue weighted by atomic mass is 9.61. The van der Waals surface area contributed by atoms with Gasteiger partial charge in [0.25, 0.3) is 0 Å². The molecule has 0 spiro atoms. The number of carbonyl (C=O) groups is 1. The molecule has 1 aliphatic carbocycles. The molecule has 1 aliphatic rings. The zero-order chi connectivity index (χ0) is 19.3. The Morgan fingerprint density at radius 2 is 2.08 bits per heavy atom. The number of aliphatic hydroxyl groups is 1. The molecule has 1 amide bonds. The van der Waals surface area contributed by atoms with Gasteiger partial charge in [0.05, 0.1) is 17.7 Å². The van der Waals surface area contributed by atoms with Crippen LogP contribution in [0.15, 0.2) is 0 Å². The second-order valence-electron chi connectivity index (χ2n) is 8.91. The van der Waals surface area contributed by atoms with Crippen LogP contribution in [-0.4, -0.2) is 35.4 Å². The normalized spacial score (nSPS) is 33.5. The van der Waals surface area contributed by atoms with Crippen LogP contribution in [0.1, 0.15) is 87.0 Å². The van der Waals surface area contributed by atoms with Gasteiger partial charge in [0, 0.05) is 13.5 Å². The molecule has 25 heavy (non-hydrogen) atoms. The number of ether oxygens (including phenoxy) is 1. The van der Waals surface area contributed by atoms with Gasteiger partial charge in [-0.15, -0.1) is 0 Å². The third kappa shape index (κ3) is 6.25. The Bertz CT molecular complexity index is 427. The van der Waals surface area contributed by atoms with Crippen molar-refractivity contribution in [2.24, 2.45) is 17.3 Å². The van der Waals surface area contributed by atoms with E-state index >= 15 is 0 Å². The van der Waals surface area contributed by atoms with Crippen molar-refractivity contribution in [3.8, 4) is 0 Å². The topological polar surface area (TPSA) is 58.6 Å². The summed E-state index contributed by atoms with van der Waals surface area (Å²) in [5.41, 5.74) is -0.132. The highest BCUT2D eigenvalue weighted by molar-refractivity contribution is 5.73. The first-order chi connectivity index (χ1) is 11.6. The predicted molar refractivity (Wildman–Crippen MR) is 103 cm³/mol. The highest BCUT2D eigenvalue weighted by Gasteiger charge is 2.46. The van der Waals surface area contributed by atoms with E-state index in [4.69, 9.17) is 4.74 Å². The van der Waals surface area contributed by atoms with Gasteiger partial charge in [0.1, 0.15) is 0 Å². The van der Waals surface area contributed by atoms with E-state index in [0.717, 1.165) is 38.7 Å². The molecule has 1 rings (SSSR count). The van der Waals surface area contributed by atoms with Gasteiger partial charge >= 0.3 is 0 Å². The van der Waals surface area contributed by atoms with E-state index in [1.807, 2.05) is 0 Å². The highest BCUT2D eigenvalue weighted by atomic mass is 16.5. The van der Waals surface area contributed by atoms with E-state index in [-0.39, 0.29) is 28.9 Å². The smallest absolute Gasteiger partial charge is 0.217 e. The number of hydrogen-bond acceptors (Lipinski definition) is 3. The van der Waals surface area contributed by atoms with Gasteiger partial charge in [-0.25, -0.2) is 0 Å². The van der Waals surface area contributed by atoms with Gasteiger partial charge < -0.3 is 15.2 Å². The first-order valence-corrected chi connectivity index (χ1v) is 10.2. The average Bonchev–Trinajstić information content (AvgIpc) is 2.55. The summed E-state index contributed by atoms with van der Waals surface area (Å²) in [7, 11) is 0. The van der Waals surface area contributed by atoms with E-state index in [9.17, 15) is 9.90 Å². The first kappa shape index (κ1) is 22.4. The standard InChI is InChI=1S/C21H41NO3/c1-8-15(3)11-13-25-21(7,9-2)14-20(6)12-10-18(22-17(5)23)19(24)16(20)4/h15-16,18-19,24H,8-14H2,1-7H3,(H,22,23)/t15?,16?,18-,19?,20-,21?/m1/s1. The Morgan fingerprint density at radius 1 is 1.44 bits per heavy atom. The van der Waals surface area contributed by atoms with Gasteiger partial charge in [-0.05, 0) is 56.3 Å². The SMILES string of the molecule is CCC(C)CCOC(C)(CC)C[C@@]1(C)CC[C@@H](NC(C)=O)C(O)C1C. The Balaban J connectivity index is 2.72. The molecule has 4 heteroatoms. The molecule has 1 saturated carbocycles. The molecule has 0 bridgehead atoms. The van der Waals surface area contributed by atoms with Crippen molar-refractivity contribution < 1.29 is 14.6 Å². The fourth-order valence-electron chi connectivity index (χ4n) is 4.16. The maximum absolute atomic E-state index is 11.4. The third-order valence-electron chi connectivity index (χ3n) is 6.72. The summed E-state index contributed by atoms with van der Waals surface area (Å²) in [6.45, 7) is 15.6. The van der Waals surface area contributed by atoms with Crippen molar-refractivity contribution in [3.05, 3.63) is 0 Å². The molecular formula is C21H41NO3. The van der Waals surface area contributed by atoms with Crippen molar-refractivity contribution in [3.63, 3.8) is 0 Å². The van der Waals surface area contributed by atoms with Crippen molar-refractivity contribution in [2.75, 3.05) is 6.61 Å². The summed E-state index contributed by atoms with van der Waals surface area (Å²) < 4.78 is 6.34. The van der Waals surface area contributed by atoms with Crippen LogP contribution in [0, 0.1) is 17.3 Å². The second-order valence-corrected chi connectivity index (χ2v) is 8.91. The molecule has 4 nitrogen and oxygen atoms in total. The van der Waals surface area contributed by atoms with E-state index in [0.29, 0.717) is 5.92 Å². The van der Waals surface area contributed by atoms with E-state index in [2.05, 4.69) is 46.9 Å². The molecule has 0 saturated heterocycles. The van der Waals surface area contributed by atoms with Crippen LogP contribution >= 0.6 is 0 Å². The number of carbonyl (C=O) groups excluding carboxylic acids is 1. The van der Waals surface area contributed by atoms with Crippen LogP contribution in [0.2, 0.25) is 0 Å². The summed E-state index contributed by atoms with van der Waals surface area (Å²) in [5, 5.41) is 13.6. The van der Waals surface area contributed by atoms with Gasteiger partial charge in [0.15, 0.2) is 0 Å². The van der Waals surface area contributed by atoms with Crippen molar-refractivity contribution in [1.29, 1.82) is 0 Å². The summed E-state index contributed by atoms with van der Waals surface area (Å²) >= 11 is 0. The van der Waals surface area contributed by atoms with Gasteiger partial charge in [-0.1, -0.05) is 41.0 Å². The average molecular weight is 356 g/mol. The van der Waals surface area contributed by atoms with Gasteiger partial charge in [0.2, 0.25) is 5.91 Å². The number of rotatable bonds is 9.